The molecule has 0 radical (unpaired) electrons. The lowest BCUT2D eigenvalue weighted by molar-refractivity contribution is 0.0284. The number of likely N-dealkylation sites (N-methyl/N-ethyl adjacent to an activating group) is 2. The van der Waals surface area contributed by atoms with Gasteiger partial charge in [-0.2, -0.15) is 0 Å². The third kappa shape index (κ3) is 6.33. The Balaban J connectivity index is 4.09. The third-order valence-corrected chi connectivity index (χ3v) is 2.10. The molecule has 1 N–H and O–H groups in total. The maximum Gasteiger partial charge on any atom is 0.410 e. The van der Waals surface area contributed by atoms with Crippen LogP contribution >= 0.6 is 0 Å². The van der Waals surface area contributed by atoms with Crippen LogP contribution in [0.15, 0.2) is 0 Å². The summed E-state index contributed by atoms with van der Waals surface area (Å²) in [6.45, 7) is 8.36. The van der Waals surface area contributed by atoms with Crippen LogP contribution in [0.4, 0.5) is 4.79 Å². The van der Waals surface area contributed by atoms with E-state index in [0.29, 0.717) is 12.6 Å². The Hall–Kier alpha value is -0.770. The SMILES string of the molecule is CCC(CN(C)C(=O)OC(C)(C)C)NC. The van der Waals surface area contributed by atoms with Crippen molar-refractivity contribution in [1.29, 1.82) is 0 Å². The minimum Gasteiger partial charge on any atom is -0.444 e. The molecule has 0 heterocycles. The van der Waals surface area contributed by atoms with Crippen LogP contribution in [-0.4, -0.2) is 43.3 Å². The number of rotatable bonds is 4. The summed E-state index contributed by atoms with van der Waals surface area (Å²) in [7, 11) is 3.66. The fourth-order valence-corrected chi connectivity index (χ4v) is 1.17. The van der Waals surface area contributed by atoms with Crippen molar-refractivity contribution in [3.63, 3.8) is 0 Å². The zero-order valence-corrected chi connectivity index (χ0v) is 10.8. The number of amides is 1. The van der Waals surface area contributed by atoms with E-state index in [9.17, 15) is 4.79 Å². The van der Waals surface area contributed by atoms with E-state index in [4.69, 9.17) is 4.74 Å². The van der Waals surface area contributed by atoms with Gasteiger partial charge in [0.05, 0.1) is 0 Å². The highest BCUT2D eigenvalue weighted by Gasteiger charge is 2.20. The van der Waals surface area contributed by atoms with Crippen LogP contribution in [0.25, 0.3) is 0 Å². The van der Waals surface area contributed by atoms with Gasteiger partial charge in [0.2, 0.25) is 0 Å². The Morgan fingerprint density at radius 2 is 2.00 bits per heavy atom. The second-order valence-electron chi connectivity index (χ2n) is 4.75. The number of carbonyl (C=O) groups is 1. The average Bonchev–Trinajstić information content (AvgIpc) is 2.10. The molecule has 0 aromatic rings. The molecule has 0 aliphatic carbocycles. The van der Waals surface area contributed by atoms with Gasteiger partial charge in [0, 0.05) is 19.6 Å². The molecule has 0 saturated carbocycles. The first-order chi connectivity index (χ1) is 6.80. The summed E-state index contributed by atoms with van der Waals surface area (Å²) in [6, 6.07) is 0.322. The van der Waals surface area contributed by atoms with Gasteiger partial charge in [-0.3, -0.25) is 0 Å². The number of ether oxygens (including phenoxy) is 1. The number of nitrogens with zero attached hydrogens (tertiary/aromatic N) is 1. The van der Waals surface area contributed by atoms with Gasteiger partial charge < -0.3 is 15.0 Å². The lowest BCUT2D eigenvalue weighted by atomic mass is 10.2. The maximum absolute atomic E-state index is 11.6. The van der Waals surface area contributed by atoms with Crippen molar-refractivity contribution >= 4 is 6.09 Å². The molecule has 0 bridgehead atoms. The van der Waals surface area contributed by atoms with E-state index in [2.05, 4.69) is 12.2 Å². The number of nitrogens with one attached hydrogen (secondary N) is 1. The molecule has 0 rings (SSSR count). The fraction of sp³-hybridized carbons (Fsp3) is 0.909. The van der Waals surface area contributed by atoms with E-state index >= 15 is 0 Å². The Morgan fingerprint density at radius 3 is 2.33 bits per heavy atom. The number of hydrogen-bond donors (Lipinski definition) is 1. The molecule has 0 aromatic heterocycles. The van der Waals surface area contributed by atoms with Crippen LogP contribution in [0, 0.1) is 0 Å². The first kappa shape index (κ1) is 14.2. The molecule has 1 atom stereocenters. The molecule has 0 spiro atoms. The fourth-order valence-electron chi connectivity index (χ4n) is 1.17. The van der Waals surface area contributed by atoms with E-state index < -0.39 is 5.60 Å². The summed E-state index contributed by atoms with van der Waals surface area (Å²) in [5.74, 6) is 0. The lowest BCUT2D eigenvalue weighted by Gasteiger charge is -2.27. The maximum atomic E-state index is 11.6. The molecular weight excluding hydrogens is 192 g/mol. The van der Waals surface area contributed by atoms with E-state index in [-0.39, 0.29) is 6.09 Å². The smallest absolute Gasteiger partial charge is 0.410 e. The summed E-state index contributed by atoms with van der Waals surface area (Å²) in [5.41, 5.74) is -0.424. The molecule has 4 nitrogen and oxygen atoms in total. The van der Waals surface area contributed by atoms with E-state index in [1.54, 1.807) is 11.9 Å². The summed E-state index contributed by atoms with van der Waals surface area (Å²) >= 11 is 0. The van der Waals surface area contributed by atoms with Crippen molar-refractivity contribution in [2.24, 2.45) is 0 Å². The number of carbonyl (C=O) groups excluding carboxylic acids is 1. The van der Waals surface area contributed by atoms with Gasteiger partial charge >= 0.3 is 6.09 Å². The summed E-state index contributed by atoms with van der Waals surface area (Å²) in [6.07, 6.45) is 0.722. The van der Waals surface area contributed by atoms with Crippen molar-refractivity contribution < 1.29 is 9.53 Å². The van der Waals surface area contributed by atoms with Crippen molar-refractivity contribution in [2.75, 3.05) is 20.6 Å². The molecule has 0 aliphatic heterocycles. The van der Waals surface area contributed by atoms with E-state index in [0.717, 1.165) is 6.42 Å². The predicted molar refractivity (Wildman–Crippen MR) is 62.0 cm³/mol. The largest absolute Gasteiger partial charge is 0.444 e. The van der Waals surface area contributed by atoms with Crippen LogP contribution in [0.3, 0.4) is 0 Å². The van der Waals surface area contributed by atoms with Gasteiger partial charge in [-0.05, 0) is 34.2 Å². The van der Waals surface area contributed by atoms with Crippen molar-refractivity contribution in [3.8, 4) is 0 Å². The lowest BCUT2D eigenvalue weighted by Crippen LogP contribution is -2.42. The Labute approximate surface area is 93.0 Å². The molecule has 0 fully saturated rings. The van der Waals surface area contributed by atoms with Crippen molar-refractivity contribution in [2.45, 2.75) is 45.8 Å². The van der Waals surface area contributed by atoms with Gasteiger partial charge in [0.25, 0.3) is 0 Å². The van der Waals surface area contributed by atoms with Crippen LogP contribution in [-0.2, 0) is 4.74 Å². The third-order valence-electron chi connectivity index (χ3n) is 2.10. The van der Waals surface area contributed by atoms with E-state index in [1.165, 1.54) is 0 Å². The van der Waals surface area contributed by atoms with Crippen molar-refractivity contribution in [1.82, 2.24) is 10.2 Å². The van der Waals surface area contributed by atoms with Crippen LogP contribution in [0.5, 0.6) is 0 Å². The van der Waals surface area contributed by atoms with Crippen LogP contribution in [0.1, 0.15) is 34.1 Å². The van der Waals surface area contributed by atoms with E-state index in [1.807, 2.05) is 27.8 Å². The molecular formula is C11H24N2O2. The second-order valence-corrected chi connectivity index (χ2v) is 4.75. The van der Waals surface area contributed by atoms with Crippen LogP contribution < -0.4 is 5.32 Å². The average molecular weight is 216 g/mol. The quantitative estimate of drug-likeness (QED) is 0.779. The first-order valence-electron chi connectivity index (χ1n) is 5.41. The zero-order chi connectivity index (χ0) is 12.1. The minimum absolute atomic E-state index is 0.267. The zero-order valence-electron chi connectivity index (χ0n) is 10.8. The van der Waals surface area contributed by atoms with Gasteiger partial charge in [-0.1, -0.05) is 6.92 Å². The summed E-state index contributed by atoms with van der Waals surface area (Å²) in [5, 5.41) is 3.15. The van der Waals surface area contributed by atoms with Gasteiger partial charge in [0.1, 0.15) is 5.60 Å². The Morgan fingerprint density at radius 1 is 1.47 bits per heavy atom. The highest BCUT2D eigenvalue weighted by atomic mass is 16.6. The molecule has 1 amide bonds. The monoisotopic (exact) mass is 216 g/mol. The molecule has 0 aromatic carbocycles. The molecule has 1 unspecified atom stereocenters. The van der Waals surface area contributed by atoms with Crippen LogP contribution in [0.2, 0.25) is 0 Å². The highest BCUT2D eigenvalue weighted by Crippen LogP contribution is 2.09. The Bertz CT molecular complexity index is 195. The first-order valence-corrected chi connectivity index (χ1v) is 5.41. The minimum atomic E-state index is -0.424. The Kier molecular flexibility index (Phi) is 5.65. The summed E-state index contributed by atoms with van der Waals surface area (Å²) < 4.78 is 5.25. The second kappa shape index (κ2) is 5.95. The van der Waals surface area contributed by atoms with Gasteiger partial charge in [-0.25, -0.2) is 4.79 Å². The standard InChI is InChI=1S/C11H24N2O2/c1-7-9(12-5)8-13(6)10(14)15-11(2,3)4/h9,12H,7-8H2,1-6H3. The van der Waals surface area contributed by atoms with Gasteiger partial charge in [0.15, 0.2) is 0 Å². The highest BCUT2D eigenvalue weighted by molar-refractivity contribution is 5.67. The topological polar surface area (TPSA) is 41.6 Å². The molecule has 90 valence electrons. The molecule has 4 heteroatoms. The van der Waals surface area contributed by atoms with Crippen molar-refractivity contribution in [3.05, 3.63) is 0 Å². The number of hydrogen-bond acceptors (Lipinski definition) is 3. The predicted octanol–water partition coefficient (Wildman–Crippen LogP) is 1.85. The molecule has 0 saturated heterocycles. The summed E-state index contributed by atoms with van der Waals surface area (Å²) in [4.78, 5) is 13.2. The van der Waals surface area contributed by atoms with Gasteiger partial charge in [-0.15, -0.1) is 0 Å². The molecule has 0 aliphatic rings. The normalized spacial score (nSPS) is 13.5. The molecule has 15 heavy (non-hydrogen) atoms.